The number of benzene rings is 1. The molecule has 2 aromatic heterocycles. The van der Waals surface area contributed by atoms with Crippen molar-refractivity contribution in [3.8, 4) is 11.1 Å². The van der Waals surface area contributed by atoms with Gasteiger partial charge in [-0.05, 0) is 81.4 Å². The van der Waals surface area contributed by atoms with Crippen molar-refractivity contribution < 1.29 is 14.1 Å². The van der Waals surface area contributed by atoms with Gasteiger partial charge in [0.15, 0.2) is 0 Å². The number of aromatic amines is 1. The molecule has 0 bridgehead atoms. The van der Waals surface area contributed by atoms with E-state index in [1.165, 1.54) is 6.26 Å². The Morgan fingerprint density at radius 2 is 1.79 bits per heavy atom. The molecule has 2 saturated carbocycles. The van der Waals surface area contributed by atoms with Crippen LogP contribution in [0.25, 0.3) is 11.1 Å². The fourth-order valence-electron chi connectivity index (χ4n) is 5.06. The molecular weight excluding hydrogens is 430 g/mol. The van der Waals surface area contributed by atoms with E-state index in [4.69, 9.17) is 4.52 Å². The first-order chi connectivity index (χ1) is 16.5. The third-order valence-electron chi connectivity index (χ3n) is 7.08. The Morgan fingerprint density at radius 3 is 2.35 bits per heavy atom. The Bertz CT molecular complexity index is 1160. The molecule has 0 unspecified atom stereocenters. The Morgan fingerprint density at radius 1 is 1.12 bits per heavy atom. The van der Waals surface area contributed by atoms with E-state index in [0.29, 0.717) is 35.2 Å². The van der Waals surface area contributed by atoms with Gasteiger partial charge in [-0.25, -0.2) is 0 Å². The zero-order chi connectivity index (χ0) is 23.8. The largest absolute Gasteiger partial charge is 0.364 e. The molecule has 2 fully saturated rings. The summed E-state index contributed by atoms with van der Waals surface area (Å²) in [4.78, 5) is 26.6. The highest BCUT2D eigenvalue weighted by Gasteiger charge is 2.48. The number of aryl methyl sites for hydroxylation is 3. The number of carbonyl (C=O) groups is 2. The third-order valence-corrected chi connectivity index (χ3v) is 7.08. The first-order valence-corrected chi connectivity index (χ1v) is 12.1. The predicted octanol–water partition coefficient (Wildman–Crippen LogP) is 4.42. The minimum absolute atomic E-state index is 0.157. The molecule has 2 aliphatic carbocycles. The van der Waals surface area contributed by atoms with E-state index in [9.17, 15) is 9.59 Å². The van der Waals surface area contributed by atoms with Crippen LogP contribution in [0.5, 0.6) is 0 Å². The average Bonchev–Trinajstić information content (AvgIpc) is 3.76. The third kappa shape index (κ3) is 4.49. The fraction of sp³-hybridized carbons (Fsp3) is 0.462. The maximum absolute atomic E-state index is 13.5. The van der Waals surface area contributed by atoms with Gasteiger partial charge in [-0.1, -0.05) is 24.2 Å². The quantitative estimate of drug-likeness (QED) is 0.437. The van der Waals surface area contributed by atoms with Crippen LogP contribution in [0.3, 0.4) is 0 Å². The van der Waals surface area contributed by atoms with Crippen LogP contribution in [-0.4, -0.2) is 33.2 Å². The lowest BCUT2D eigenvalue weighted by Crippen LogP contribution is -2.50. The first kappa shape index (κ1) is 22.4. The molecule has 2 amide bonds. The Labute approximate surface area is 198 Å². The molecule has 1 atom stereocenters. The van der Waals surface area contributed by atoms with Crippen LogP contribution in [0.2, 0.25) is 0 Å². The van der Waals surface area contributed by atoms with Gasteiger partial charge in [0.2, 0.25) is 5.91 Å². The topological polar surface area (TPSA) is 113 Å². The number of hydrogen-bond acceptors (Lipinski definition) is 5. The lowest BCUT2D eigenvalue weighted by Gasteiger charge is -2.27. The number of aromatic nitrogens is 3. The molecule has 3 aromatic rings. The van der Waals surface area contributed by atoms with Gasteiger partial charge in [-0.2, -0.15) is 5.10 Å². The van der Waals surface area contributed by atoms with Gasteiger partial charge in [0.1, 0.15) is 17.9 Å². The van der Waals surface area contributed by atoms with E-state index in [0.717, 1.165) is 48.2 Å². The summed E-state index contributed by atoms with van der Waals surface area (Å²) in [5, 5.41) is 17.3. The predicted molar refractivity (Wildman–Crippen MR) is 128 cm³/mol. The summed E-state index contributed by atoms with van der Waals surface area (Å²) >= 11 is 0. The second kappa shape index (κ2) is 9.08. The van der Waals surface area contributed by atoms with Gasteiger partial charge in [-0.15, -0.1) is 0 Å². The van der Waals surface area contributed by atoms with E-state index < -0.39 is 6.04 Å². The van der Waals surface area contributed by atoms with E-state index in [1.54, 1.807) is 0 Å². The van der Waals surface area contributed by atoms with Gasteiger partial charge in [0.05, 0.1) is 11.4 Å². The van der Waals surface area contributed by atoms with Crippen molar-refractivity contribution >= 4 is 17.5 Å². The second-order valence-electron chi connectivity index (χ2n) is 9.61. The van der Waals surface area contributed by atoms with Crippen molar-refractivity contribution in [3.05, 3.63) is 53.2 Å². The summed E-state index contributed by atoms with van der Waals surface area (Å²) < 4.78 is 5.02. The van der Waals surface area contributed by atoms with Crippen LogP contribution in [0.15, 0.2) is 35.1 Å². The molecule has 3 N–H and O–H groups in total. The maximum Gasteiger partial charge on any atom is 0.257 e. The highest BCUT2D eigenvalue weighted by molar-refractivity contribution is 6.01. The monoisotopic (exact) mass is 461 g/mol. The second-order valence-corrected chi connectivity index (χ2v) is 9.61. The maximum atomic E-state index is 13.5. The van der Waals surface area contributed by atoms with Gasteiger partial charge < -0.3 is 15.2 Å². The standard InChI is InChI=1S/C26H31N5O3/c1-4-21-20(13-34-31-21)25(32)28-24(23(17-5-6-17)18-7-8-18)26(33)27-19-11-9-16(10-12-19)22-14(2)29-30-15(22)3/h9-13,17-18,23-24H,4-8H2,1-3H3,(H,27,33)(H,28,32)(H,29,30)/t24-/m0/s1. The molecule has 178 valence electrons. The van der Waals surface area contributed by atoms with Gasteiger partial charge in [0, 0.05) is 16.9 Å². The normalized spacial score (nSPS) is 16.5. The fourth-order valence-corrected chi connectivity index (χ4v) is 5.06. The molecule has 8 nitrogen and oxygen atoms in total. The summed E-state index contributed by atoms with van der Waals surface area (Å²) in [6, 6.07) is 7.17. The minimum Gasteiger partial charge on any atom is -0.364 e. The van der Waals surface area contributed by atoms with Crippen molar-refractivity contribution in [2.24, 2.45) is 17.8 Å². The minimum atomic E-state index is -0.592. The Balaban J connectivity index is 1.35. The van der Waals surface area contributed by atoms with Crippen molar-refractivity contribution in [1.82, 2.24) is 20.7 Å². The zero-order valence-corrected chi connectivity index (χ0v) is 19.9. The lowest BCUT2D eigenvalue weighted by atomic mass is 9.88. The smallest absolute Gasteiger partial charge is 0.257 e. The number of rotatable bonds is 9. The summed E-state index contributed by atoms with van der Waals surface area (Å²) in [5.74, 6) is 0.669. The molecule has 2 heterocycles. The van der Waals surface area contributed by atoms with Gasteiger partial charge in [0.25, 0.3) is 5.91 Å². The van der Waals surface area contributed by atoms with Crippen molar-refractivity contribution in [2.75, 3.05) is 5.32 Å². The van der Waals surface area contributed by atoms with Crippen molar-refractivity contribution in [3.63, 3.8) is 0 Å². The average molecular weight is 462 g/mol. The summed E-state index contributed by atoms with van der Waals surface area (Å²) in [6.07, 6.45) is 6.43. The van der Waals surface area contributed by atoms with Crippen molar-refractivity contribution in [2.45, 2.75) is 58.9 Å². The number of H-pyrrole nitrogens is 1. The number of nitrogens with one attached hydrogen (secondary N) is 3. The Hall–Kier alpha value is -3.42. The van der Waals surface area contributed by atoms with Crippen LogP contribution >= 0.6 is 0 Å². The summed E-state index contributed by atoms with van der Waals surface area (Å²) in [5.41, 5.74) is 5.78. The summed E-state index contributed by atoms with van der Waals surface area (Å²) in [7, 11) is 0. The number of anilines is 1. The number of nitrogens with zero attached hydrogens (tertiary/aromatic N) is 2. The van der Waals surface area contributed by atoms with Crippen LogP contribution in [0.1, 0.15) is 60.0 Å². The van der Waals surface area contributed by atoms with E-state index in [1.807, 2.05) is 45.0 Å². The molecule has 1 aromatic carbocycles. The van der Waals surface area contributed by atoms with Crippen molar-refractivity contribution in [1.29, 1.82) is 0 Å². The zero-order valence-electron chi connectivity index (χ0n) is 19.9. The molecule has 0 saturated heterocycles. The molecule has 5 rings (SSSR count). The number of carbonyl (C=O) groups excluding carboxylic acids is 2. The molecule has 0 spiro atoms. The molecular formula is C26H31N5O3. The van der Waals surface area contributed by atoms with Gasteiger partial charge >= 0.3 is 0 Å². The van der Waals surface area contributed by atoms with Crippen LogP contribution in [0, 0.1) is 31.6 Å². The lowest BCUT2D eigenvalue weighted by molar-refractivity contribution is -0.119. The Kier molecular flexibility index (Phi) is 5.98. The van der Waals surface area contributed by atoms with Crippen LogP contribution in [0.4, 0.5) is 5.69 Å². The highest BCUT2D eigenvalue weighted by Crippen LogP contribution is 2.51. The van der Waals surface area contributed by atoms with Crippen LogP contribution < -0.4 is 10.6 Å². The molecule has 34 heavy (non-hydrogen) atoms. The first-order valence-electron chi connectivity index (χ1n) is 12.1. The van der Waals surface area contributed by atoms with E-state index >= 15 is 0 Å². The molecule has 2 aliphatic rings. The van der Waals surface area contributed by atoms with Gasteiger partial charge in [-0.3, -0.25) is 14.7 Å². The molecule has 0 aliphatic heterocycles. The number of hydrogen-bond donors (Lipinski definition) is 3. The van der Waals surface area contributed by atoms with E-state index in [-0.39, 0.29) is 17.7 Å². The summed E-state index contributed by atoms with van der Waals surface area (Å²) in [6.45, 7) is 5.89. The highest BCUT2D eigenvalue weighted by atomic mass is 16.5. The number of amides is 2. The molecule has 8 heteroatoms. The molecule has 0 radical (unpaired) electrons. The SMILES string of the molecule is CCc1nocc1C(=O)N[C@H](C(=O)Nc1ccc(-c2c(C)n[nH]c2C)cc1)C(C1CC1)C1CC1. The van der Waals surface area contributed by atoms with Crippen LogP contribution in [-0.2, 0) is 11.2 Å². The van der Waals surface area contributed by atoms with E-state index in [2.05, 4.69) is 26.0 Å².